The predicted octanol–water partition coefficient (Wildman–Crippen LogP) is 2.46. The molecule has 2 rings (SSSR count). The topological polar surface area (TPSA) is 57.6 Å². The maximum Gasteiger partial charge on any atom is 0.326 e. The van der Waals surface area contributed by atoms with Gasteiger partial charge in [-0.05, 0) is 16.5 Å². The molecule has 0 bridgehead atoms. The second-order valence-corrected chi connectivity index (χ2v) is 6.59. The van der Waals surface area contributed by atoms with Crippen LogP contribution in [0.5, 0.6) is 0 Å². The lowest BCUT2D eigenvalue weighted by Crippen LogP contribution is -2.49. The van der Waals surface area contributed by atoms with Crippen LogP contribution in [0.15, 0.2) is 24.3 Å². The molecule has 0 saturated carbocycles. The zero-order valence-corrected chi connectivity index (χ0v) is 12.2. The van der Waals surface area contributed by atoms with Gasteiger partial charge >= 0.3 is 5.97 Å². The molecule has 0 spiro atoms. The van der Waals surface area contributed by atoms with Crippen LogP contribution in [0.1, 0.15) is 38.3 Å². The first-order valence-electron chi connectivity index (χ1n) is 6.87. The van der Waals surface area contributed by atoms with Crippen molar-refractivity contribution < 1.29 is 14.7 Å². The van der Waals surface area contributed by atoms with E-state index in [-0.39, 0.29) is 11.3 Å². The Kier molecular flexibility index (Phi) is 3.84. The Balaban J connectivity index is 2.27. The van der Waals surface area contributed by atoms with E-state index in [1.54, 1.807) is 0 Å². The van der Waals surface area contributed by atoms with Crippen LogP contribution in [-0.2, 0) is 22.6 Å². The monoisotopic (exact) mass is 275 g/mol. The van der Waals surface area contributed by atoms with Crippen LogP contribution >= 0.6 is 0 Å². The Morgan fingerprint density at radius 2 is 1.85 bits per heavy atom. The number of carbonyl (C=O) groups is 2. The second-order valence-electron chi connectivity index (χ2n) is 6.59. The second kappa shape index (κ2) is 5.27. The molecule has 0 fully saturated rings. The highest BCUT2D eigenvalue weighted by Gasteiger charge is 2.35. The third kappa shape index (κ3) is 3.18. The van der Waals surface area contributed by atoms with E-state index in [0.29, 0.717) is 19.4 Å². The molecule has 108 valence electrons. The molecule has 1 aliphatic rings. The van der Waals surface area contributed by atoms with Crippen molar-refractivity contribution in [3.05, 3.63) is 35.4 Å². The van der Waals surface area contributed by atoms with Gasteiger partial charge in [0.1, 0.15) is 6.04 Å². The minimum Gasteiger partial charge on any atom is -0.480 e. The molecule has 1 amide bonds. The molecule has 20 heavy (non-hydrogen) atoms. The molecule has 0 aromatic heterocycles. The Morgan fingerprint density at radius 3 is 2.40 bits per heavy atom. The Bertz CT molecular complexity index is 531. The van der Waals surface area contributed by atoms with Crippen LogP contribution in [0.4, 0.5) is 0 Å². The van der Waals surface area contributed by atoms with Crippen molar-refractivity contribution in [2.75, 3.05) is 0 Å². The average Bonchev–Trinajstić information content (AvgIpc) is 2.35. The van der Waals surface area contributed by atoms with E-state index in [0.717, 1.165) is 11.1 Å². The molecule has 1 aliphatic heterocycles. The highest BCUT2D eigenvalue weighted by Crippen LogP contribution is 2.27. The number of carbonyl (C=O) groups excluding carboxylic acids is 1. The minimum absolute atomic E-state index is 0.0839. The van der Waals surface area contributed by atoms with Crippen molar-refractivity contribution in [3.63, 3.8) is 0 Å². The summed E-state index contributed by atoms with van der Waals surface area (Å²) in [5.74, 6) is -1.01. The summed E-state index contributed by atoms with van der Waals surface area (Å²) in [5, 5.41) is 9.39. The summed E-state index contributed by atoms with van der Waals surface area (Å²) in [7, 11) is 0. The SMILES string of the molecule is CC(C)(C)CC(=O)N1Cc2ccccc2CC1C(=O)O. The lowest BCUT2D eigenvalue weighted by Gasteiger charge is -2.36. The Morgan fingerprint density at radius 1 is 1.25 bits per heavy atom. The van der Waals surface area contributed by atoms with Crippen molar-refractivity contribution in [2.24, 2.45) is 5.41 Å². The van der Waals surface area contributed by atoms with Crippen molar-refractivity contribution in [1.82, 2.24) is 4.90 Å². The van der Waals surface area contributed by atoms with Gasteiger partial charge in [0, 0.05) is 19.4 Å². The number of rotatable bonds is 2. The van der Waals surface area contributed by atoms with Gasteiger partial charge in [-0.25, -0.2) is 4.79 Å². The highest BCUT2D eigenvalue weighted by molar-refractivity contribution is 5.84. The van der Waals surface area contributed by atoms with E-state index < -0.39 is 12.0 Å². The fraction of sp³-hybridized carbons (Fsp3) is 0.500. The van der Waals surface area contributed by atoms with E-state index in [4.69, 9.17) is 0 Å². The zero-order valence-electron chi connectivity index (χ0n) is 12.2. The van der Waals surface area contributed by atoms with Gasteiger partial charge in [-0.2, -0.15) is 0 Å². The number of benzene rings is 1. The Hall–Kier alpha value is -1.84. The lowest BCUT2D eigenvalue weighted by atomic mass is 9.89. The lowest BCUT2D eigenvalue weighted by molar-refractivity contribution is -0.152. The molecule has 1 unspecified atom stereocenters. The first-order chi connectivity index (χ1) is 9.28. The van der Waals surface area contributed by atoms with E-state index in [9.17, 15) is 14.7 Å². The molecule has 1 atom stereocenters. The summed E-state index contributed by atoms with van der Waals surface area (Å²) in [6.45, 7) is 6.34. The number of hydrogen-bond donors (Lipinski definition) is 1. The van der Waals surface area contributed by atoms with Gasteiger partial charge < -0.3 is 10.0 Å². The van der Waals surface area contributed by atoms with Crippen LogP contribution in [0, 0.1) is 5.41 Å². The van der Waals surface area contributed by atoms with Gasteiger partial charge in [0.05, 0.1) is 0 Å². The molecular weight excluding hydrogens is 254 g/mol. The fourth-order valence-electron chi connectivity index (χ4n) is 2.56. The number of fused-ring (bicyclic) bond motifs is 1. The Labute approximate surface area is 119 Å². The van der Waals surface area contributed by atoms with Crippen LogP contribution in [-0.4, -0.2) is 27.9 Å². The third-order valence-electron chi connectivity index (χ3n) is 3.54. The van der Waals surface area contributed by atoms with Gasteiger partial charge in [-0.1, -0.05) is 45.0 Å². The van der Waals surface area contributed by atoms with Gasteiger partial charge in [0.25, 0.3) is 0 Å². The van der Waals surface area contributed by atoms with Crippen LogP contribution in [0.3, 0.4) is 0 Å². The molecule has 0 aliphatic carbocycles. The maximum absolute atomic E-state index is 12.4. The number of amides is 1. The first-order valence-corrected chi connectivity index (χ1v) is 6.87. The van der Waals surface area contributed by atoms with E-state index >= 15 is 0 Å². The number of carboxylic acid groups (broad SMARTS) is 1. The van der Waals surface area contributed by atoms with E-state index in [1.807, 2.05) is 45.0 Å². The molecule has 4 nitrogen and oxygen atoms in total. The van der Waals surface area contributed by atoms with Crippen molar-refractivity contribution >= 4 is 11.9 Å². The summed E-state index contributed by atoms with van der Waals surface area (Å²) in [5.41, 5.74) is 1.93. The van der Waals surface area contributed by atoms with Crippen LogP contribution in [0.2, 0.25) is 0 Å². The predicted molar refractivity (Wildman–Crippen MR) is 76.2 cm³/mol. The summed E-state index contributed by atoms with van der Waals surface area (Å²) in [6.07, 6.45) is 0.750. The zero-order chi connectivity index (χ0) is 14.9. The standard InChI is InChI=1S/C16H21NO3/c1-16(2,3)9-14(18)17-10-12-7-5-4-6-11(12)8-13(17)15(19)20/h4-7,13H,8-10H2,1-3H3,(H,19,20). The number of nitrogens with zero attached hydrogens (tertiary/aromatic N) is 1. The quantitative estimate of drug-likeness (QED) is 0.902. The van der Waals surface area contributed by atoms with E-state index in [2.05, 4.69) is 0 Å². The molecule has 1 aromatic rings. The molecule has 0 saturated heterocycles. The maximum atomic E-state index is 12.4. The van der Waals surface area contributed by atoms with Crippen molar-refractivity contribution in [2.45, 2.75) is 46.2 Å². The summed E-state index contributed by atoms with van der Waals surface area (Å²) < 4.78 is 0. The number of carboxylic acids is 1. The molecule has 0 radical (unpaired) electrons. The van der Waals surface area contributed by atoms with Crippen LogP contribution in [0.25, 0.3) is 0 Å². The molecule has 4 heteroatoms. The molecule has 1 heterocycles. The van der Waals surface area contributed by atoms with Crippen molar-refractivity contribution in [3.8, 4) is 0 Å². The number of hydrogen-bond acceptors (Lipinski definition) is 2. The van der Waals surface area contributed by atoms with Gasteiger partial charge in [-0.3, -0.25) is 4.79 Å². The third-order valence-corrected chi connectivity index (χ3v) is 3.54. The molecule has 1 aromatic carbocycles. The smallest absolute Gasteiger partial charge is 0.326 e. The molecular formula is C16H21NO3. The largest absolute Gasteiger partial charge is 0.480 e. The summed E-state index contributed by atoms with van der Waals surface area (Å²) in [6, 6.07) is 6.98. The number of aliphatic carboxylic acids is 1. The normalized spacial score (nSPS) is 18.6. The summed E-state index contributed by atoms with van der Waals surface area (Å²) >= 11 is 0. The minimum atomic E-state index is -0.929. The van der Waals surface area contributed by atoms with E-state index in [1.165, 1.54) is 4.90 Å². The first kappa shape index (κ1) is 14.6. The van der Waals surface area contributed by atoms with Gasteiger partial charge in [-0.15, -0.1) is 0 Å². The fourth-order valence-corrected chi connectivity index (χ4v) is 2.56. The van der Waals surface area contributed by atoms with Crippen LogP contribution < -0.4 is 0 Å². The average molecular weight is 275 g/mol. The van der Waals surface area contributed by atoms with Gasteiger partial charge in [0.2, 0.25) is 5.91 Å². The van der Waals surface area contributed by atoms with Gasteiger partial charge in [0.15, 0.2) is 0 Å². The van der Waals surface area contributed by atoms with Crippen molar-refractivity contribution in [1.29, 1.82) is 0 Å². The highest BCUT2D eigenvalue weighted by atomic mass is 16.4. The molecule has 1 N–H and O–H groups in total. The summed E-state index contributed by atoms with van der Waals surface area (Å²) in [4.78, 5) is 25.4.